The smallest absolute Gasteiger partial charge is 0.211 e. The van der Waals surface area contributed by atoms with Gasteiger partial charge >= 0.3 is 0 Å². The normalized spacial score (nSPS) is 10.4. The van der Waals surface area contributed by atoms with E-state index in [1.54, 1.807) is 36.5 Å². The van der Waals surface area contributed by atoms with Crippen LogP contribution in [-0.2, 0) is 0 Å². The molecule has 3 aromatic rings. The molecule has 1 aromatic heterocycles. The van der Waals surface area contributed by atoms with E-state index in [0.717, 1.165) is 10.9 Å². The third kappa shape index (κ3) is 2.10. The van der Waals surface area contributed by atoms with Crippen LogP contribution in [0, 0.1) is 5.41 Å². The van der Waals surface area contributed by atoms with E-state index in [4.69, 9.17) is 5.41 Å². The van der Waals surface area contributed by atoms with Crippen LogP contribution in [0.1, 0.15) is 15.9 Å². The molecule has 3 heteroatoms. The largest absolute Gasteiger partial charge is 0.296 e. The number of hydrogen-bond donors (Lipinski definition) is 1. The highest BCUT2D eigenvalue weighted by molar-refractivity contribution is 6.51. The number of fused-ring (bicyclic) bond motifs is 1. The number of rotatable bonds is 3. The van der Waals surface area contributed by atoms with Gasteiger partial charge in [0.2, 0.25) is 5.78 Å². The summed E-state index contributed by atoms with van der Waals surface area (Å²) in [5.41, 5.74) is 1.92. The quantitative estimate of drug-likeness (QED) is 0.579. The molecule has 0 spiro atoms. The molecule has 0 bridgehead atoms. The first-order chi connectivity index (χ1) is 9.77. The van der Waals surface area contributed by atoms with E-state index in [0.29, 0.717) is 11.1 Å². The standard InChI is InChI=1S/C17H12N2O/c18-16(17(20)12-6-2-1-3-7-12)14-10-11-19-15-9-5-4-8-13(14)15/h1-11,18H. The summed E-state index contributed by atoms with van der Waals surface area (Å²) in [6.07, 6.45) is 1.63. The molecule has 0 atom stereocenters. The highest BCUT2D eigenvalue weighted by Gasteiger charge is 2.16. The van der Waals surface area contributed by atoms with Gasteiger partial charge in [-0.05, 0) is 12.1 Å². The maximum absolute atomic E-state index is 12.3. The number of benzene rings is 2. The van der Waals surface area contributed by atoms with E-state index in [-0.39, 0.29) is 11.5 Å². The van der Waals surface area contributed by atoms with E-state index in [2.05, 4.69) is 4.98 Å². The van der Waals surface area contributed by atoms with Crippen molar-refractivity contribution in [1.29, 1.82) is 5.41 Å². The van der Waals surface area contributed by atoms with Crippen LogP contribution in [0.5, 0.6) is 0 Å². The van der Waals surface area contributed by atoms with Gasteiger partial charge in [-0.15, -0.1) is 0 Å². The van der Waals surface area contributed by atoms with Crippen molar-refractivity contribution in [2.75, 3.05) is 0 Å². The maximum atomic E-state index is 12.3. The minimum Gasteiger partial charge on any atom is -0.296 e. The van der Waals surface area contributed by atoms with Crippen LogP contribution in [0.4, 0.5) is 0 Å². The van der Waals surface area contributed by atoms with Crippen molar-refractivity contribution in [2.45, 2.75) is 0 Å². The Morgan fingerprint density at radius 2 is 1.60 bits per heavy atom. The molecule has 3 rings (SSSR count). The summed E-state index contributed by atoms with van der Waals surface area (Å²) in [4.78, 5) is 16.6. The lowest BCUT2D eigenvalue weighted by atomic mass is 9.98. The van der Waals surface area contributed by atoms with Gasteiger partial charge in [-0.25, -0.2) is 0 Å². The van der Waals surface area contributed by atoms with E-state index < -0.39 is 0 Å². The Kier molecular flexibility index (Phi) is 3.09. The average Bonchev–Trinajstić information content (AvgIpc) is 2.54. The number of ketones is 1. The lowest BCUT2D eigenvalue weighted by molar-refractivity contribution is 0.106. The van der Waals surface area contributed by atoms with E-state index in [1.165, 1.54) is 0 Å². The molecular formula is C17H12N2O. The van der Waals surface area contributed by atoms with Crippen molar-refractivity contribution in [1.82, 2.24) is 4.98 Å². The van der Waals surface area contributed by atoms with E-state index in [9.17, 15) is 4.79 Å². The number of para-hydroxylation sites is 1. The van der Waals surface area contributed by atoms with Crippen molar-refractivity contribution in [3.05, 3.63) is 78.0 Å². The topological polar surface area (TPSA) is 53.8 Å². The molecule has 0 fully saturated rings. The van der Waals surface area contributed by atoms with Crippen LogP contribution >= 0.6 is 0 Å². The van der Waals surface area contributed by atoms with Crippen molar-refractivity contribution in [2.24, 2.45) is 0 Å². The van der Waals surface area contributed by atoms with Gasteiger partial charge in [0.15, 0.2) is 0 Å². The molecule has 0 aliphatic rings. The lowest BCUT2D eigenvalue weighted by Crippen LogP contribution is -2.15. The molecule has 1 heterocycles. The molecule has 96 valence electrons. The second kappa shape index (κ2) is 5.05. The highest BCUT2D eigenvalue weighted by Crippen LogP contribution is 2.18. The molecule has 20 heavy (non-hydrogen) atoms. The van der Waals surface area contributed by atoms with Gasteiger partial charge in [-0.2, -0.15) is 0 Å². The summed E-state index contributed by atoms with van der Waals surface area (Å²) in [5, 5.41) is 9.00. The minimum atomic E-state index is -0.276. The molecule has 0 aliphatic heterocycles. The third-order valence-electron chi connectivity index (χ3n) is 3.18. The van der Waals surface area contributed by atoms with Crippen LogP contribution in [0.15, 0.2) is 66.9 Å². The van der Waals surface area contributed by atoms with Gasteiger partial charge in [0, 0.05) is 22.7 Å². The van der Waals surface area contributed by atoms with Crippen LogP contribution in [0.2, 0.25) is 0 Å². The fourth-order valence-corrected chi connectivity index (χ4v) is 2.17. The molecule has 0 saturated heterocycles. The summed E-state index contributed by atoms with van der Waals surface area (Å²) < 4.78 is 0. The Balaban J connectivity index is 2.08. The Hall–Kier alpha value is -2.81. The summed E-state index contributed by atoms with van der Waals surface area (Å²) in [7, 11) is 0. The second-order valence-corrected chi connectivity index (χ2v) is 4.45. The van der Waals surface area contributed by atoms with Gasteiger partial charge < -0.3 is 0 Å². The number of carbonyl (C=O) groups is 1. The van der Waals surface area contributed by atoms with E-state index >= 15 is 0 Å². The monoisotopic (exact) mass is 260 g/mol. The first-order valence-corrected chi connectivity index (χ1v) is 6.30. The molecule has 0 saturated carbocycles. The van der Waals surface area contributed by atoms with Crippen LogP contribution in [0.25, 0.3) is 10.9 Å². The van der Waals surface area contributed by atoms with Gasteiger partial charge in [0.05, 0.1) is 5.52 Å². The molecule has 2 aromatic carbocycles. The first-order valence-electron chi connectivity index (χ1n) is 6.30. The molecule has 0 aliphatic carbocycles. The number of nitrogens with one attached hydrogen (secondary N) is 1. The summed E-state index contributed by atoms with van der Waals surface area (Å²) in [6, 6.07) is 18.1. The van der Waals surface area contributed by atoms with Gasteiger partial charge in [-0.3, -0.25) is 15.2 Å². The predicted octanol–water partition coefficient (Wildman–Crippen LogP) is 3.49. The maximum Gasteiger partial charge on any atom is 0.211 e. The number of pyridine rings is 1. The van der Waals surface area contributed by atoms with Crippen molar-refractivity contribution in [3.8, 4) is 0 Å². The van der Waals surface area contributed by atoms with Gasteiger partial charge in [0.25, 0.3) is 0 Å². The van der Waals surface area contributed by atoms with Crippen LogP contribution < -0.4 is 0 Å². The fourth-order valence-electron chi connectivity index (χ4n) is 2.17. The third-order valence-corrected chi connectivity index (χ3v) is 3.18. The number of aromatic nitrogens is 1. The molecule has 0 unspecified atom stereocenters. The summed E-state index contributed by atoms with van der Waals surface area (Å²) in [6.45, 7) is 0. The van der Waals surface area contributed by atoms with Crippen molar-refractivity contribution < 1.29 is 4.79 Å². The molecule has 3 nitrogen and oxygen atoms in total. The number of Topliss-reactive ketones (excluding diaryl/α,β-unsaturated/α-hetero) is 1. The Labute approximate surface area is 116 Å². The van der Waals surface area contributed by atoms with E-state index in [1.807, 2.05) is 30.3 Å². The minimum absolute atomic E-state index is 0.00481. The summed E-state index contributed by atoms with van der Waals surface area (Å²) >= 11 is 0. The number of hydrogen-bond acceptors (Lipinski definition) is 3. The fraction of sp³-hybridized carbons (Fsp3) is 0. The molecular weight excluding hydrogens is 248 g/mol. The number of nitrogens with zero attached hydrogens (tertiary/aromatic N) is 1. The zero-order valence-electron chi connectivity index (χ0n) is 10.7. The second-order valence-electron chi connectivity index (χ2n) is 4.45. The predicted molar refractivity (Wildman–Crippen MR) is 79.3 cm³/mol. The average molecular weight is 260 g/mol. The van der Waals surface area contributed by atoms with Gasteiger partial charge in [0.1, 0.15) is 5.71 Å². The van der Waals surface area contributed by atoms with Gasteiger partial charge in [-0.1, -0.05) is 48.5 Å². The summed E-state index contributed by atoms with van der Waals surface area (Å²) in [5.74, 6) is -0.276. The van der Waals surface area contributed by atoms with Crippen molar-refractivity contribution >= 4 is 22.4 Å². The number of carbonyl (C=O) groups excluding carboxylic acids is 1. The molecule has 0 amide bonds. The highest BCUT2D eigenvalue weighted by atomic mass is 16.1. The van der Waals surface area contributed by atoms with Crippen molar-refractivity contribution in [3.63, 3.8) is 0 Å². The first kappa shape index (κ1) is 12.2. The zero-order chi connectivity index (χ0) is 13.9. The molecule has 0 radical (unpaired) electrons. The SMILES string of the molecule is N=C(C(=O)c1ccccc1)c1ccnc2ccccc12. The Bertz CT molecular complexity index is 789. The molecule has 1 N–H and O–H groups in total. The zero-order valence-corrected chi connectivity index (χ0v) is 10.7. The lowest BCUT2D eigenvalue weighted by Gasteiger charge is -2.07. The Morgan fingerprint density at radius 3 is 2.40 bits per heavy atom. The van der Waals surface area contributed by atoms with Crippen LogP contribution in [0.3, 0.4) is 0 Å². The Morgan fingerprint density at radius 1 is 0.900 bits per heavy atom. The van der Waals surface area contributed by atoms with Crippen LogP contribution in [-0.4, -0.2) is 16.5 Å².